The lowest BCUT2D eigenvalue weighted by atomic mass is 10.2. The lowest BCUT2D eigenvalue weighted by molar-refractivity contribution is 0.629. The number of rotatable bonds is 1. The summed E-state index contributed by atoms with van der Waals surface area (Å²) >= 11 is 0. The molecule has 0 unspecified atom stereocenters. The number of hydrogen-bond donors (Lipinski definition) is 2. The van der Waals surface area contributed by atoms with E-state index in [1.807, 2.05) is 0 Å². The van der Waals surface area contributed by atoms with Gasteiger partial charge in [-0.05, 0) is 18.2 Å². The quantitative estimate of drug-likeness (QED) is 0.711. The minimum absolute atomic E-state index is 0.210. The van der Waals surface area contributed by atoms with Gasteiger partial charge in [-0.3, -0.25) is 4.79 Å². The molecule has 0 bridgehead atoms. The maximum atomic E-state index is 12.8. The topological polar surface area (TPSA) is 58.9 Å². The second-order valence-corrected chi connectivity index (χ2v) is 3.05. The van der Waals surface area contributed by atoms with Gasteiger partial charge < -0.3 is 10.7 Å². The summed E-state index contributed by atoms with van der Waals surface area (Å²) in [5.74, 6) is -0.413. The highest BCUT2D eigenvalue weighted by Gasteiger charge is 2.01. The van der Waals surface area contributed by atoms with Crippen LogP contribution in [0, 0.1) is 5.82 Å². The van der Waals surface area contributed by atoms with Crippen molar-refractivity contribution in [2.75, 3.05) is 0 Å². The Balaban J connectivity index is 2.83. The summed E-state index contributed by atoms with van der Waals surface area (Å²) < 4.78 is 12.8. The molecule has 0 aliphatic carbocycles. The zero-order valence-corrected chi connectivity index (χ0v) is 7.38. The predicted molar refractivity (Wildman–Crippen MR) is 52.4 cm³/mol. The summed E-state index contributed by atoms with van der Waals surface area (Å²) in [4.78, 5) is 14.4. The van der Waals surface area contributed by atoms with Crippen LogP contribution in [0.4, 0.5) is 4.39 Å². The van der Waals surface area contributed by atoms with E-state index in [0.717, 1.165) is 0 Å². The van der Waals surface area contributed by atoms with E-state index in [4.69, 9.17) is 5.73 Å². The van der Waals surface area contributed by atoms with E-state index in [0.29, 0.717) is 16.6 Å². The Morgan fingerprint density at radius 3 is 2.86 bits per heavy atom. The summed E-state index contributed by atoms with van der Waals surface area (Å²) in [5, 5.41) is 0.349. The molecule has 14 heavy (non-hydrogen) atoms. The summed E-state index contributed by atoms with van der Waals surface area (Å²) in [5.41, 5.74) is 6.44. The van der Waals surface area contributed by atoms with Crippen molar-refractivity contribution in [3.63, 3.8) is 0 Å². The fraction of sp³-hybridized carbons (Fsp3) is 0.100. The zero-order chi connectivity index (χ0) is 10.1. The molecule has 3 N–H and O–H groups in total. The SMILES string of the molecule is NCc1cc(=O)c2cc(F)ccc2[nH]1. The summed E-state index contributed by atoms with van der Waals surface area (Å²) in [7, 11) is 0. The Bertz CT molecular complexity index is 533. The number of aromatic nitrogens is 1. The number of aromatic amines is 1. The summed E-state index contributed by atoms with van der Waals surface area (Å²) in [6.07, 6.45) is 0. The normalized spacial score (nSPS) is 10.7. The largest absolute Gasteiger partial charge is 0.357 e. The zero-order valence-electron chi connectivity index (χ0n) is 7.38. The van der Waals surface area contributed by atoms with Gasteiger partial charge >= 0.3 is 0 Å². The van der Waals surface area contributed by atoms with Gasteiger partial charge in [-0.1, -0.05) is 0 Å². The van der Waals surface area contributed by atoms with Crippen LogP contribution in [0.25, 0.3) is 10.9 Å². The molecule has 0 radical (unpaired) electrons. The van der Waals surface area contributed by atoms with Gasteiger partial charge in [0.15, 0.2) is 5.43 Å². The average Bonchev–Trinajstić information content (AvgIpc) is 2.19. The van der Waals surface area contributed by atoms with E-state index in [-0.39, 0.29) is 12.0 Å². The molecular weight excluding hydrogens is 183 g/mol. The highest BCUT2D eigenvalue weighted by molar-refractivity contribution is 5.78. The van der Waals surface area contributed by atoms with Crippen molar-refractivity contribution in [1.82, 2.24) is 4.98 Å². The second kappa shape index (κ2) is 3.23. The first-order valence-electron chi connectivity index (χ1n) is 4.22. The van der Waals surface area contributed by atoms with Gasteiger partial charge in [0.05, 0.1) is 0 Å². The van der Waals surface area contributed by atoms with Crippen molar-refractivity contribution in [3.8, 4) is 0 Å². The number of halogens is 1. The standard InChI is InChI=1S/C10H9FN2O/c11-6-1-2-9-8(3-6)10(14)4-7(5-12)13-9/h1-4H,5,12H2,(H,13,14). The van der Waals surface area contributed by atoms with E-state index < -0.39 is 5.82 Å². The second-order valence-electron chi connectivity index (χ2n) is 3.05. The number of fused-ring (bicyclic) bond motifs is 1. The van der Waals surface area contributed by atoms with Gasteiger partial charge in [-0.2, -0.15) is 0 Å². The fourth-order valence-corrected chi connectivity index (χ4v) is 1.38. The molecule has 1 heterocycles. The number of benzene rings is 1. The van der Waals surface area contributed by atoms with Crippen LogP contribution in [0.2, 0.25) is 0 Å². The Hall–Kier alpha value is -1.68. The molecule has 0 amide bonds. The number of hydrogen-bond acceptors (Lipinski definition) is 2. The van der Waals surface area contributed by atoms with Crippen LogP contribution in [0.3, 0.4) is 0 Å². The van der Waals surface area contributed by atoms with Gasteiger partial charge in [-0.15, -0.1) is 0 Å². The molecule has 0 spiro atoms. The average molecular weight is 192 g/mol. The van der Waals surface area contributed by atoms with E-state index in [2.05, 4.69) is 4.98 Å². The third kappa shape index (κ3) is 1.40. The molecular formula is C10H9FN2O. The predicted octanol–water partition coefficient (Wildman–Crippen LogP) is 1.13. The minimum Gasteiger partial charge on any atom is -0.357 e. The molecule has 0 fully saturated rings. The maximum absolute atomic E-state index is 12.8. The lowest BCUT2D eigenvalue weighted by Crippen LogP contribution is -2.08. The Morgan fingerprint density at radius 1 is 1.36 bits per heavy atom. The Kier molecular flexibility index (Phi) is 2.05. The van der Waals surface area contributed by atoms with Gasteiger partial charge in [0.2, 0.25) is 0 Å². The van der Waals surface area contributed by atoms with E-state index in [1.54, 1.807) is 0 Å². The first-order valence-corrected chi connectivity index (χ1v) is 4.22. The van der Waals surface area contributed by atoms with Crippen LogP contribution in [0.15, 0.2) is 29.1 Å². The van der Waals surface area contributed by atoms with Crippen LogP contribution >= 0.6 is 0 Å². The summed E-state index contributed by atoms with van der Waals surface area (Å²) in [6.45, 7) is 0.266. The van der Waals surface area contributed by atoms with Crippen molar-refractivity contribution < 1.29 is 4.39 Å². The fourth-order valence-electron chi connectivity index (χ4n) is 1.38. The van der Waals surface area contributed by atoms with E-state index in [1.165, 1.54) is 24.3 Å². The number of H-pyrrole nitrogens is 1. The molecule has 0 saturated carbocycles. The number of nitrogens with two attached hydrogens (primary N) is 1. The molecule has 72 valence electrons. The smallest absolute Gasteiger partial charge is 0.189 e. The molecule has 1 aromatic heterocycles. The molecule has 2 rings (SSSR count). The molecule has 0 saturated heterocycles. The van der Waals surface area contributed by atoms with Crippen molar-refractivity contribution >= 4 is 10.9 Å². The first-order chi connectivity index (χ1) is 6.70. The van der Waals surface area contributed by atoms with Crippen LogP contribution in [-0.4, -0.2) is 4.98 Å². The maximum Gasteiger partial charge on any atom is 0.189 e. The highest BCUT2D eigenvalue weighted by Crippen LogP contribution is 2.09. The molecule has 0 aliphatic heterocycles. The third-order valence-electron chi connectivity index (χ3n) is 2.07. The minimum atomic E-state index is -0.413. The number of pyridine rings is 1. The van der Waals surface area contributed by atoms with Gasteiger partial charge in [0, 0.05) is 29.2 Å². The van der Waals surface area contributed by atoms with Crippen molar-refractivity contribution in [2.24, 2.45) is 5.73 Å². The van der Waals surface area contributed by atoms with Gasteiger partial charge in [0.1, 0.15) is 5.82 Å². The Morgan fingerprint density at radius 2 is 2.14 bits per heavy atom. The van der Waals surface area contributed by atoms with Crippen LogP contribution in [-0.2, 0) is 6.54 Å². The van der Waals surface area contributed by atoms with E-state index >= 15 is 0 Å². The van der Waals surface area contributed by atoms with Gasteiger partial charge in [-0.25, -0.2) is 4.39 Å². The van der Waals surface area contributed by atoms with Crippen LogP contribution in [0.5, 0.6) is 0 Å². The highest BCUT2D eigenvalue weighted by atomic mass is 19.1. The molecule has 1 aromatic carbocycles. The Labute approximate surface area is 79.4 Å². The van der Waals surface area contributed by atoms with Crippen molar-refractivity contribution in [2.45, 2.75) is 6.54 Å². The van der Waals surface area contributed by atoms with Gasteiger partial charge in [0.25, 0.3) is 0 Å². The lowest BCUT2D eigenvalue weighted by Gasteiger charge is -2.01. The third-order valence-corrected chi connectivity index (χ3v) is 2.07. The van der Waals surface area contributed by atoms with Crippen LogP contribution in [0.1, 0.15) is 5.69 Å². The van der Waals surface area contributed by atoms with E-state index in [9.17, 15) is 9.18 Å². The number of nitrogens with one attached hydrogen (secondary N) is 1. The molecule has 3 nitrogen and oxygen atoms in total. The van der Waals surface area contributed by atoms with Crippen molar-refractivity contribution in [3.05, 3.63) is 46.0 Å². The summed E-state index contributed by atoms with van der Waals surface area (Å²) in [6, 6.07) is 5.44. The molecule has 2 aromatic rings. The molecule has 0 atom stereocenters. The molecule has 0 aliphatic rings. The first kappa shape index (κ1) is 8.90. The monoisotopic (exact) mass is 192 g/mol. The van der Waals surface area contributed by atoms with Crippen LogP contribution < -0.4 is 11.2 Å². The van der Waals surface area contributed by atoms with Crippen molar-refractivity contribution in [1.29, 1.82) is 0 Å². The molecule has 4 heteroatoms.